The lowest BCUT2D eigenvalue weighted by atomic mass is 9.77. The van der Waals surface area contributed by atoms with Crippen molar-refractivity contribution in [2.24, 2.45) is 11.8 Å². The predicted octanol–water partition coefficient (Wildman–Crippen LogP) is 15.6. The molecule has 2 aromatic rings. The highest BCUT2D eigenvalue weighted by atomic mass is 14.3. The summed E-state index contributed by atoms with van der Waals surface area (Å²) in [5, 5.41) is 0. The molecular weight excluding hydrogens is 673 g/mol. The normalized spacial score (nSPS) is 21.2. The van der Waals surface area contributed by atoms with Gasteiger partial charge in [-0.2, -0.15) is 0 Å². The summed E-state index contributed by atoms with van der Waals surface area (Å²) in [6.07, 6.45) is 58.9. The van der Waals surface area contributed by atoms with Gasteiger partial charge in [0, 0.05) is 17.8 Å². The standard InChI is InChI=1S/C31H30.C25H28/c1-4-10-24(11-5-1)26-16-20-29(21-17-26)31(28-14-8-3-9-15-28)30-22-18-27(19-23-30)25-12-6-2-7-13-25;1-4-11-21(5-2)12-10-13-22(6-3)20-23-16-18-25(19-17-23)24-14-8-7-9-15-24/h1,3-6,8,10-14,16-18,20-23,27,31H,2,7,9,15,19H2;4-6,8,10-18,25H,1-3,7,9,19-20H2/b;12-10+,21-11+,22-13+. The Hall–Kier alpha value is -5.72. The molecule has 0 N–H and O–H groups in total. The molecule has 3 unspecified atom stereocenters. The van der Waals surface area contributed by atoms with Gasteiger partial charge in [0.2, 0.25) is 0 Å². The molecule has 0 fully saturated rings. The quantitative estimate of drug-likeness (QED) is 0.180. The lowest BCUT2D eigenvalue weighted by Crippen LogP contribution is -2.11. The first-order chi connectivity index (χ1) is 27.6. The third-order valence-corrected chi connectivity index (χ3v) is 11.1. The smallest absolute Gasteiger partial charge is 0.0298 e. The molecule has 3 atom stereocenters. The fourth-order valence-electron chi connectivity index (χ4n) is 7.98. The van der Waals surface area contributed by atoms with E-state index in [-0.39, 0.29) is 0 Å². The summed E-state index contributed by atoms with van der Waals surface area (Å²) < 4.78 is 0. The van der Waals surface area contributed by atoms with Gasteiger partial charge in [0.1, 0.15) is 0 Å². The maximum atomic E-state index is 3.95. The summed E-state index contributed by atoms with van der Waals surface area (Å²) in [7, 11) is 0. The first kappa shape index (κ1) is 40.0. The van der Waals surface area contributed by atoms with Crippen LogP contribution in [-0.2, 0) is 0 Å². The van der Waals surface area contributed by atoms with Crippen molar-refractivity contribution >= 4 is 0 Å². The second-order valence-corrected chi connectivity index (χ2v) is 15.0. The van der Waals surface area contributed by atoms with Gasteiger partial charge in [-0.3, -0.25) is 0 Å². The molecule has 0 bridgehead atoms. The van der Waals surface area contributed by atoms with Crippen molar-refractivity contribution < 1.29 is 0 Å². The van der Waals surface area contributed by atoms with E-state index in [1.165, 1.54) is 75.8 Å². The largest absolute Gasteiger partial charge is 0.0990 e. The molecule has 0 nitrogen and oxygen atoms in total. The second kappa shape index (κ2) is 21.4. The van der Waals surface area contributed by atoms with Crippen LogP contribution in [0.1, 0.15) is 69.3 Å². The lowest BCUT2D eigenvalue weighted by molar-refractivity contribution is 0.744. The average molecular weight is 731 g/mol. The Morgan fingerprint density at radius 1 is 0.661 bits per heavy atom. The fourth-order valence-corrected chi connectivity index (χ4v) is 7.98. The summed E-state index contributed by atoms with van der Waals surface area (Å²) in [6.45, 7) is 11.5. The minimum Gasteiger partial charge on any atom is -0.0990 e. The van der Waals surface area contributed by atoms with Crippen LogP contribution in [0.15, 0.2) is 247 Å². The highest BCUT2D eigenvalue weighted by Crippen LogP contribution is 2.40. The first-order valence-corrected chi connectivity index (χ1v) is 20.6. The van der Waals surface area contributed by atoms with Gasteiger partial charge in [-0.15, -0.1) is 0 Å². The van der Waals surface area contributed by atoms with E-state index in [0.29, 0.717) is 17.8 Å². The van der Waals surface area contributed by atoms with Crippen LogP contribution in [0.2, 0.25) is 0 Å². The fraction of sp³-hybridized carbons (Fsp3) is 0.214. The van der Waals surface area contributed by atoms with Crippen molar-refractivity contribution in [2.45, 2.75) is 63.7 Å². The van der Waals surface area contributed by atoms with Crippen LogP contribution in [-0.4, -0.2) is 0 Å². The van der Waals surface area contributed by atoms with Crippen molar-refractivity contribution in [1.29, 1.82) is 0 Å². The van der Waals surface area contributed by atoms with E-state index < -0.39 is 0 Å². The third-order valence-electron chi connectivity index (χ3n) is 11.1. The SMILES string of the molecule is C1=CCCC(C(C2=CCC(C3=CCCC=C3)C=C2)c2ccc(-c3ccccc3)cc2)=C1.C=C/C=C(C=C)/C=C/C=C(\C=C)CC1=CCC(C2=CCCC=C2)C=C1. The summed E-state index contributed by atoms with van der Waals surface area (Å²) in [6, 6.07) is 19.9. The van der Waals surface area contributed by atoms with Gasteiger partial charge in [0.05, 0.1) is 0 Å². The highest BCUT2D eigenvalue weighted by Gasteiger charge is 2.23. The molecule has 0 saturated heterocycles. The van der Waals surface area contributed by atoms with Crippen LogP contribution in [0.25, 0.3) is 11.1 Å². The topological polar surface area (TPSA) is 0 Å². The zero-order valence-corrected chi connectivity index (χ0v) is 33.1. The van der Waals surface area contributed by atoms with Crippen molar-refractivity contribution in [1.82, 2.24) is 0 Å². The zero-order chi connectivity index (χ0) is 38.8. The van der Waals surface area contributed by atoms with Crippen molar-refractivity contribution in [3.05, 3.63) is 253 Å². The Morgan fingerprint density at radius 2 is 1.36 bits per heavy atom. The molecule has 282 valence electrons. The van der Waals surface area contributed by atoms with E-state index in [2.05, 4.69) is 172 Å². The van der Waals surface area contributed by atoms with E-state index >= 15 is 0 Å². The Bertz CT molecular complexity index is 2100. The van der Waals surface area contributed by atoms with Gasteiger partial charge in [-0.25, -0.2) is 0 Å². The molecule has 0 aliphatic heterocycles. The van der Waals surface area contributed by atoms with Gasteiger partial charge in [-0.05, 0) is 108 Å². The van der Waals surface area contributed by atoms with Crippen LogP contribution in [0.4, 0.5) is 0 Å². The van der Waals surface area contributed by atoms with Gasteiger partial charge in [0.25, 0.3) is 0 Å². The van der Waals surface area contributed by atoms with E-state index in [1.54, 1.807) is 6.08 Å². The molecule has 2 aromatic carbocycles. The molecule has 0 saturated carbocycles. The van der Waals surface area contributed by atoms with Gasteiger partial charge in [-0.1, -0.05) is 214 Å². The van der Waals surface area contributed by atoms with Crippen LogP contribution in [0, 0.1) is 11.8 Å². The van der Waals surface area contributed by atoms with E-state index in [9.17, 15) is 0 Å². The zero-order valence-electron chi connectivity index (χ0n) is 33.1. The molecule has 0 heteroatoms. The lowest BCUT2D eigenvalue weighted by Gasteiger charge is -2.27. The van der Waals surface area contributed by atoms with Gasteiger partial charge < -0.3 is 0 Å². The molecule has 5 aliphatic carbocycles. The number of hydrogen-bond acceptors (Lipinski definition) is 0. The van der Waals surface area contributed by atoms with Crippen LogP contribution in [0.3, 0.4) is 0 Å². The third kappa shape index (κ3) is 11.4. The molecule has 56 heavy (non-hydrogen) atoms. The average Bonchev–Trinajstić information content (AvgIpc) is 3.28. The Balaban J connectivity index is 0.000000195. The maximum absolute atomic E-state index is 3.95. The van der Waals surface area contributed by atoms with Crippen LogP contribution >= 0.6 is 0 Å². The Morgan fingerprint density at radius 3 is 1.91 bits per heavy atom. The predicted molar refractivity (Wildman–Crippen MR) is 245 cm³/mol. The second-order valence-electron chi connectivity index (χ2n) is 15.0. The maximum Gasteiger partial charge on any atom is 0.0298 e. The molecule has 5 aliphatic rings. The van der Waals surface area contributed by atoms with Gasteiger partial charge in [0.15, 0.2) is 0 Å². The number of benzene rings is 2. The Labute approximate surface area is 337 Å². The number of rotatable bonds is 13. The summed E-state index contributed by atoms with van der Waals surface area (Å²) >= 11 is 0. The molecule has 0 spiro atoms. The van der Waals surface area contributed by atoms with Crippen molar-refractivity contribution in [3.8, 4) is 11.1 Å². The van der Waals surface area contributed by atoms with Crippen LogP contribution < -0.4 is 0 Å². The monoisotopic (exact) mass is 730 g/mol. The van der Waals surface area contributed by atoms with E-state index in [0.717, 1.165) is 37.7 Å². The highest BCUT2D eigenvalue weighted by molar-refractivity contribution is 5.64. The van der Waals surface area contributed by atoms with E-state index in [1.807, 2.05) is 30.4 Å². The molecule has 7 rings (SSSR count). The Kier molecular flexibility index (Phi) is 15.3. The summed E-state index contributed by atoms with van der Waals surface area (Å²) in [4.78, 5) is 0. The van der Waals surface area contributed by atoms with E-state index in [4.69, 9.17) is 0 Å². The molecular formula is C56H58. The van der Waals surface area contributed by atoms with Crippen molar-refractivity contribution in [2.75, 3.05) is 0 Å². The van der Waals surface area contributed by atoms with Gasteiger partial charge >= 0.3 is 0 Å². The number of allylic oxidation sites excluding steroid dienone is 29. The molecule has 0 heterocycles. The molecule has 0 radical (unpaired) electrons. The molecule has 0 amide bonds. The van der Waals surface area contributed by atoms with Crippen molar-refractivity contribution in [3.63, 3.8) is 0 Å². The molecule has 0 aromatic heterocycles. The minimum atomic E-state index is 0.350. The minimum absolute atomic E-state index is 0.350. The van der Waals surface area contributed by atoms with Crippen LogP contribution in [0.5, 0.6) is 0 Å². The first-order valence-electron chi connectivity index (χ1n) is 20.6. The summed E-state index contributed by atoms with van der Waals surface area (Å²) in [5.74, 6) is 1.42. The summed E-state index contributed by atoms with van der Waals surface area (Å²) in [5.41, 5.74) is 13.5. The number of hydrogen-bond donors (Lipinski definition) is 0.